The average molecular weight is 322 g/mol. The van der Waals surface area contributed by atoms with E-state index in [2.05, 4.69) is 33.4 Å². The van der Waals surface area contributed by atoms with Gasteiger partial charge in [0.25, 0.3) is 0 Å². The minimum absolute atomic E-state index is 0.302. The van der Waals surface area contributed by atoms with E-state index in [9.17, 15) is 0 Å². The largest absolute Gasteiger partial charge is 0.497 e. The summed E-state index contributed by atoms with van der Waals surface area (Å²) in [5, 5.41) is 12.3. The predicted octanol–water partition coefficient (Wildman–Crippen LogP) is 3.21. The number of aromatic nitrogens is 1. The summed E-state index contributed by atoms with van der Waals surface area (Å²) in [5.74, 6) is 1.67. The molecular formula is C19H22N4O. The number of hydrogen-bond donors (Lipinski definition) is 1. The number of ether oxygens (including phenoxy) is 1. The van der Waals surface area contributed by atoms with Crippen LogP contribution in [0.3, 0.4) is 0 Å². The van der Waals surface area contributed by atoms with Crippen LogP contribution in [-0.2, 0) is 0 Å². The van der Waals surface area contributed by atoms with E-state index in [0.29, 0.717) is 11.6 Å². The third-order valence-corrected chi connectivity index (χ3v) is 4.45. The molecule has 124 valence electrons. The number of rotatable bonds is 6. The molecule has 1 aliphatic rings. The average Bonchev–Trinajstić information content (AvgIpc) is 3.17. The molecule has 24 heavy (non-hydrogen) atoms. The Morgan fingerprint density at radius 3 is 2.54 bits per heavy atom. The Labute approximate surface area is 142 Å². The van der Waals surface area contributed by atoms with E-state index in [1.807, 2.05) is 18.2 Å². The highest BCUT2D eigenvalue weighted by molar-refractivity contribution is 5.40. The first-order valence-electron chi connectivity index (χ1n) is 8.28. The first-order valence-corrected chi connectivity index (χ1v) is 8.28. The molecule has 0 amide bonds. The van der Waals surface area contributed by atoms with E-state index in [1.165, 1.54) is 18.4 Å². The molecule has 1 aliphatic heterocycles. The van der Waals surface area contributed by atoms with Crippen LogP contribution in [0.1, 0.15) is 30.0 Å². The van der Waals surface area contributed by atoms with Crippen LogP contribution < -0.4 is 10.1 Å². The van der Waals surface area contributed by atoms with Crippen molar-refractivity contribution < 1.29 is 4.74 Å². The first kappa shape index (κ1) is 16.3. The Bertz CT molecular complexity index is 685. The predicted molar refractivity (Wildman–Crippen MR) is 94.0 cm³/mol. The molecule has 0 radical (unpaired) electrons. The number of anilines is 1. The molecule has 1 atom stereocenters. The summed E-state index contributed by atoms with van der Waals surface area (Å²) in [6.45, 7) is 3.03. The van der Waals surface area contributed by atoms with Crippen LogP contribution in [-0.4, -0.2) is 36.6 Å². The number of nitrogens with zero attached hydrogens (tertiary/aromatic N) is 3. The Balaban J connectivity index is 1.72. The summed E-state index contributed by atoms with van der Waals surface area (Å²) in [6.07, 6.45) is 4.10. The monoisotopic (exact) mass is 322 g/mol. The number of benzene rings is 1. The quantitative estimate of drug-likeness (QED) is 0.885. The fourth-order valence-electron chi connectivity index (χ4n) is 3.10. The van der Waals surface area contributed by atoms with E-state index in [0.717, 1.165) is 31.2 Å². The van der Waals surface area contributed by atoms with Gasteiger partial charge in [0.15, 0.2) is 0 Å². The third-order valence-electron chi connectivity index (χ3n) is 4.45. The van der Waals surface area contributed by atoms with Gasteiger partial charge in [0.05, 0.1) is 18.7 Å². The van der Waals surface area contributed by atoms with Crippen molar-refractivity contribution in [3.8, 4) is 11.8 Å². The van der Waals surface area contributed by atoms with E-state index in [-0.39, 0.29) is 0 Å². The van der Waals surface area contributed by atoms with Crippen LogP contribution in [0, 0.1) is 11.3 Å². The Kier molecular flexibility index (Phi) is 5.29. The fraction of sp³-hybridized carbons (Fsp3) is 0.368. The topological polar surface area (TPSA) is 61.2 Å². The molecule has 5 nitrogen and oxygen atoms in total. The number of nitriles is 1. The lowest BCUT2D eigenvalue weighted by atomic mass is 10.1. The highest BCUT2D eigenvalue weighted by Gasteiger charge is 2.23. The first-order chi connectivity index (χ1) is 11.8. The van der Waals surface area contributed by atoms with E-state index < -0.39 is 0 Å². The molecule has 0 saturated carbocycles. The van der Waals surface area contributed by atoms with Crippen LogP contribution in [0.15, 0.2) is 42.6 Å². The number of nitrogens with one attached hydrogen (secondary N) is 1. The summed E-state index contributed by atoms with van der Waals surface area (Å²) in [5.41, 5.74) is 1.85. The zero-order valence-corrected chi connectivity index (χ0v) is 13.9. The Morgan fingerprint density at radius 2 is 1.96 bits per heavy atom. The zero-order valence-electron chi connectivity index (χ0n) is 13.9. The summed E-state index contributed by atoms with van der Waals surface area (Å²) in [7, 11) is 1.69. The van der Waals surface area contributed by atoms with Crippen LogP contribution in [0.4, 0.5) is 5.82 Å². The summed E-state index contributed by atoms with van der Waals surface area (Å²) in [6, 6.07) is 14.3. The maximum absolute atomic E-state index is 8.85. The number of hydrogen-bond acceptors (Lipinski definition) is 5. The SMILES string of the molecule is COc1ccc(C(CNc2ccc(C#N)cn2)N2CCCC2)cc1. The minimum atomic E-state index is 0.302. The second-order valence-corrected chi connectivity index (χ2v) is 5.96. The van der Waals surface area contributed by atoms with Crippen molar-refractivity contribution in [2.45, 2.75) is 18.9 Å². The zero-order chi connectivity index (χ0) is 16.8. The lowest BCUT2D eigenvalue weighted by molar-refractivity contribution is 0.255. The maximum Gasteiger partial charge on any atom is 0.126 e. The highest BCUT2D eigenvalue weighted by Crippen LogP contribution is 2.27. The lowest BCUT2D eigenvalue weighted by Gasteiger charge is -2.28. The van der Waals surface area contributed by atoms with Gasteiger partial charge in [-0.1, -0.05) is 12.1 Å². The van der Waals surface area contributed by atoms with Crippen molar-refractivity contribution in [3.05, 3.63) is 53.7 Å². The molecule has 3 rings (SSSR count). The number of methoxy groups -OCH3 is 1. The maximum atomic E-state index is 8.85. The second kappa shape index (κ2) is 7.80. The molecule has 0 bridgehead atoms. The fourth-order valence-corrected chi connectivity index (χ4v) is 3.10. The molecular weight excluding hydrogens is 300 g/mol. The van der Waals surface area contributed by atoms with Crippen molar-refractivity contribution in [2.24, 2.45) is 0 Å². The minimum Gasteiger partial charge on any atom is -0.497 e. The van der Waals surface area contributed by atoms with Crippen molar-refractivity contribution >= 4 is 5.82 Å². The van der Waals surface area contributed by atoms with E-state index in [4.69, 9.17) is 10.00 Å². The van der Waals surface area contributed by atoms with Gasteiger partial charge >= 0.3 is 0 Å². The Morgan fingerprint density at radius 1 is 1.21 bits per heavy atom. The van der Waals surface area contributed by atoms with Crippen molar-refractivity contribution in [1.82, 2.24) is 9.88 Å². The van der Waals surface area contributed by atoms with Gasteiger partial charge in [-0.25, -0.2) is 4.98 Å². The van der Waals surface area contributed by atoms with Gasteiger partial charge in [0, 0.05) is 12.7 Å². The van der Waals surface area contributed by atoms with Crippen molar-refractivity contribution in [1.29, 1.82) is 5.26 Å². The standard InChI is InChI=1S/C19H22N4O/c1-24-17-7-5-16(6-8-17)18(23-10-2-3-11-23)14-22-19-9-4-15(12-20)13-21-19/h4-9,13,18H,2-3,10-11,14H2,1H3,(H,21,22). The molecule has 1 fully saturated rings. The molecule has 1 saturated heterocycles. The van der Waals surface area contributed by atoms with Crippen molar-refractivity contribution in [3.63, 3.8) is 0 Å². The molecule has 1 unspecified atom stereocenters. The van der Waals surface area contributed by atoms with Crippen LogP contribution in [0.5, 0.6) is 5.75 Å². The molecule has 2 heterocycles. The molecule has 0 aliphatic carbocycles. The van der Waals surface area contributed by atoms with Gasteiger partial charge in [-0.15, -0.1) is 0 Å². The van der Waals surface area contributed by atoms with Gasteiger partial charge in [0.2, 0.25) is 0 Å². The van der Waals surface area contributed by atoms with Crippen LogP contribution in [0.25, 0.3) is 0 Å². The second-order valence-electron chi connectivity index (χ2n) is 5.96. The molecule has 1 aromatic carbocycles. The van der Waals surface area contributed by atoms with Gasteiger partial charge in [-0.3, -0.25) is 4.90 Å². The molecule has 1 N–H and O–H groups in total. The van der Waals surface area contributed by atoms with E-state index >= 15 is 0 Å². The Hall–Kier alpha value is -2.58. The van der Waals surface area contributed by atoms with E-state index in [1.54, 1.807) is 19.4 Å². The van der Waals surface area contributed by atoms with Crippen LogP contribution in [0.2, 0.25) is 0 Å². The number of pyridine rings is 1. The smallest absolute Gasteiger partial charge is 0.126 e. The van der Waals surface area contributed by atoms with Gasteiger partial charge < -0.3 is 10.1 Å². The summed E-state index contributed by atoms with van der Waals surface area (Å²) >= 11 is 0. The molecule has 0 spiro atoms. The molecule has 1 aromatic heterocycles. The van der Waals surface area contributed by atoms with Crippen LogP contribution >= 0.6 is 0 Å². The third kappa shape index (κ3) is 3.84. The molecule has 2 aromatic rings. The van der Waals surface area contributed by atoms with Gasteiger partial charge in [-0.2, -0.15) is 5.26 Å². The van der Waals surface area contributed by atoms with Gasteiger partial charge in [-0.05, 0) is 55.8 Å². The summed E-state index contributed by atoms with van der Waals surface area (Å²) < 4.78 is 5.26. The lowest BCUT2D eigenvalue weighted by Crippen LogP contribution is -2.31. The number of likely N-dealkylation sites (tertiary alicyclic amines) is 1. The molecule has 5 heteroatoms. The highest BCUT2D eigenvalue weighted by atomic mass is 16.5. The normalized spacial score (nSPS) is 15.7. The van der Waals surface area contributed by atoms with Crippen molar-refractivity contribution in [2.75, 3.05) is 32.1 Å². The van der Waals surface area contributed by atoms with Gasteiger partial charge in [0.1, 0.15) is 17.6 Å². The summed E-state index contributed by atoms with van der Waals surface area (Å²) in [4.78, 5) is 6.81.